The number of hydrogen-bond acceptors (Lipinski definition) is 3. The van der Waals surface area contributed by atoms with Crippen LogP contribution in [0, 0.1) is 0 Å². The van der Waals surface area contributed by atoms with E-state index in [2.05, 4.69) is 0 Å². The molecule has 3 N–H and O–H groups in total. The molecule has 1 atom stereocenters. The Morgan fingerprint density at radius 1 is 1.53 bits per heavy atom. The van der Waals surface area contributed by atoms with Gasteiger partial charge in [-0.25, -0.2) is 0 Å². The van der Waals surface area contributed by atoms with Gasteiger partial charge in [0.2, 0.25) is 0 Å². The topological polar surface area (TPSA) is 72.5 Å². The number of carboxylic acid groups (broad SMARTS) is 1. The second-order valence-corrected chi connectivity index (χ2v) is 3.28. The van der Waals surface area contributed by atoms with E-state index >= 15 is 0 Å². The molecular formula is C11H15NO3. The number of carbonyl (C=O) groups is 1. The Labute approximate surface area is 88.7 Å². The highest BCUT2D eigenvalue weighted by atomic mass is 16.5. The van der Waals surface area contributed by atoms with Gasteiger partial charge in [0.25, 0.3) is 0 Å². The van der Waals surface area contributed by atoms with Gasteiger partial charge in [0.15, 0.2) is 0 Å². The first-order chi connectivity index (χ1) is 7.15. The Bertz CT molecular complexity index is 338. The maximum absolute atomic E-state index is 10.4. The molecule has 0 aliphatic carbocycles. The average molecular weight is 209 g/mol. The van der Waals surface area contributed by atoms with Crippen LogP contribution in [0.2, 0.25) is 0 Å². The molecule has 1 rings (SSSR count). The van der Waals surface area contributed by atoms with Crippen molar-refractivity contribution in [2.45, 2.75) is 18.9 Å². The molecule has 1 aromatic carbocycles. The summed E-state index contributed by atoms with van der Waals surface area (Å²) in [5.41, 5.74) is 6.72. The molecule has 82 valence electrons. The molecule has 0 amide bonds. The largest absolute Gasteiger partial charge is 0.496 e. The summed E-state index contributed by atoms with van der Waals surface area (Å²) >= 11 is 0. The van der Waals surface area contributed by atoms with E-state index in [1.807, 2.05) is 24.3 Å². The zero-order valence-electron chi connectivity index (χ0n) is 8.64. The van der Waals surface area contributed by atoms with E-state index in [-0.39, 0.29) is 12.5 Å². The van der Waals surface area contributed by atoms with Crippen LogP contribution in [-0.4, -0.2) is 18.2 Å². The molecule has 0 radical (unpaired) electrons. The third-order valence-corrected chi connectivity index (χ3v) is 2.21. The number of benzene rings is 1. The predicted octanol–water partition coefficient (Wildman–Crippen LogP) is 1.56. The van der Waals surface area contributed by atoms with E-state index in [0.717, 1.165) is 5.56 Å². The highest BCUT2D eigenvalue weighted by Crippen LogP contribution is 2.25. The Morgan fingerprint density at radius 2 is 2.20 bits per heavy atom. The van der Waals surface area contributed by atoms with Gasteiger partial charge in [0, 0.05) is 18.0 Å². The number of ether oxygens (including phenoxy) is 1. The Kier molecular flexibility index (Phi) is 4.12. The van der Waals surface area contributed by atoms with Crippen molar-refractivity contribution in [3.8, 4) is 5.75 Å². The third kappa shape index (κ3) is 3.25. The molecule has 0 aromatic heterocycles. The van der Waals surface area contributed by atoms with Crippen molar-refractivity contribution >= 4 is 5.97 Å². The molecule has 0 aliphatic heterocycles. The van der Waals surface area contributed by atoms with Crippen molar-refractivity contribution in [1.82, 2.24) is 0 Å². The monoisotopic (exact) mass is 209 g/mol. The van der Waals surface area contributed by atoms with Gasteiger partial charge in [-0.1, -0.05) is 18.2 Å². The second-order valence-electron chi connectivity index (χ2n) is 3.28. The zero-order chi connectivity index (χ0) is 11.3. The number of rotatable bonds is 5. The summed E-state index contributed by atoms with van der Waals surface area (Å²) in [4.78, 5) is 10.4. The van der Waals surface area contributed by atoms with Gasteiger partial charge < -0.3 is 15.6 Å². The van der Waals surface area contributed by atoms with E-state index in [9.17, 15) is 4.79 Å². The number of aliphatic carboxylic acids is 1. The molecule has 0 aliphatic rings. The van der Waals surface area contributed by atoms with E-state index in [0.29, 0.717) is 12.2 Å². The van der Waals surface area contributed by atoms with Crippen LogP contribution < -0.4 is 10.5 Å². The first-order valence-electron chi connectivity index (χ1n) is 4.75. The van der Waals surface area contributed by atoms with Crippen LogP contribution in [0.1, 0.15) is 24.4 Å². The van der Waals surface area contributed by atoms with Crippen molar-refractivity contribution in [3.63, 3.8) is 0 Å². The third-order valence-electron chi connectivity index (χ3n) is 2.21. The summed E-state index contributed by atoms with van der Waals surface area (Å²) in [6.07, 6.45) is 0.481. The number of para-hydroxylation sites is 1. The zero-order valence-corrected chi connectivity index (χ0v) is 8.64. The van der Waals surface area contributed by atoms with Crippen molar-refractivity contribution in [2.75, 3.05) is 7.11 Å². The lowest BCUT2D eigenvalue weighted by Gasteiger charge is -2.14. The lowest BCUT2D eigenvalue weighted by molar-refractivity contribution is -0.137. The molecule has 0 saturated carbocycles. The van der Waals surface area contributed by atoms with E-state index < -0.39 is 5.97 Å². The average Bonchev–Trinajstić information content (AvgIpc) is 2.25. The standard InChI is InChI=1S/C11H15NO3/c1-15-10-5-3-2-4-8(10)9(12)6-7-11(13)14/h2-5,9H,6-7,12H2,1H3,(H,13,14). The Hall–Kier alpha value is -1.55. The maximum atomic E-state index is 10.4. The first kappa shape index (κ1) is 11.5. The van der Waals surface area contributed by atoms with Gasteiger partial charge in [-0.05, 0) is 12.5 Å². The summed E-state index contributed by atoms with van der Waals surface area (Å²) in [6, 6.07) is 7.09. The van der Waals surface area contributed by atoms with Gasteiger partial charge in [-0.15, -0.1) is 0 Å². The number of nitrogens with two attached hydrogens (primary N) is 1. The van der Waals surface area contributed by atoms with Crippen LogP contribution in [0.25, 0.3) is 0 Å². The van der Waals surface area contributed by atoms with Gasteiger partial charge in [-0.3, -0.25) is 4.79 Å². The Morgan fingerprint density at radius 3 is 2.80 bits per heavy atom. The molecule has 0 saturated heterocycles. The first-order valence-corrected chi connectivity index (χ1v) is 4.75. The fraction of sp³-hybridized carbons (Fsp3) is 0.364. The van der Waals surface area contributed by atoms with Crippen molar-refractivity contribution < 1.29 is 14.6 Å². The number of hydrogen-bond donors (Lipinski definition) is 2. The van der Waals surface area contributed by atoms with E-state index in [4.69, 9.17) is 15.6 Å². The highest BCUT2D eigenvalue weighted by Gasteiger charge is 2.12. The van der Waals surface area contributed by atoms with Gasteiger partial charge in [0.05, 0.1) is 7.11 Å². The van der Waals surface area contributed by atoms with Gasteiger partial charge in [0.1, 0.15) is 5.75 Å². The van der Waals surface area contributed by atoms with Crippen LogP contribution >= 0.6 is 0 Å². The van der Waals surface area contributed by atoms with Gasteiger partial charge >= 0.3 is 5.97 Å². The molecule has 4 heteroatoms. The van der Waals surface area contributed by atoms with Crippen molar-refractivity contribution in [1.29, 1.82) is 0 Å². The molecule has 0 spiro atoms. The maximum Gasteiger partial charge on any atom is 0.303 e. The smallest absolute Gasteiger partial charge is 0.303 e. The van der Waals surface area contributed by atoms with Crippen LogP contribution in [0.4, 0.5) is 0 Å². The van der Waals surface area contributed by atoms with Gasteiger partial charge in [-0.2, -0.15) is 0 Å². The minimum absolute atomic E-state index is 0.0687. The summed E-state index contributed by atoms with van der Waals surface area (Å²) in [7, 11) is 1.57. The normalized spacial score (nSPS) is 12.1. The van der Waals surface area contributed by atoms with E-state index in [1.54, 1.807) is 7.11 Å². The van der Waals surface area contributed by atoms with Crippen molar-refractivity contribution in [2.24, 2.45) is 5.73 Å². The lowest BCUT2D eigenvalue weighted by atomic mass is 10.0. The quantitative estimate of drug-likeness (QED) is 0.771. The van der Waals surface area contributed by atoms with Crippen LogP contribution in [-0.2, 0) is 4.79 Å². The minimum atomic E-state index is -0.833. The summed E-state index contributed by atoms with van der Waals surface area (Å²) in [6.45, 7) is 0. The predicted molar refractivity (Wildman–Crippen MR) is 56.8 cm³/mol. The summed E-state index contributed by atoms with van der Waals surface area (Å²) in [5, 5.41) is 8.55. The summed E-state index contributed by atoms with van der Waals surface area (Å²) < 4.78 is 5.15. The number of methoxy groups -OCH3 is 1. The highest BCUT2D eigenvalue weighted by molar-refractivity contribution is 5.66. The molecule has 4 nitrogen and oxygen atoms in total. The second kappa shape index (κ2) is 5.36. The Balaban J connectivity index is 2.72. The SMILES string of the molecule is COc1ccccc1C(N)CCC(=O)O. The lowest BCUT2D eigenvalue weighted by Crippen LogP contribution is -2.13. The molecule has 1 aromatic rings. The van der Waals surface area contributed by atoms with Crippen LogP contribution in [0.5, 0.6) is 5.75 Å². The van der Waals surface area contributed by atoms with Crippen molar-refractivity contribution in [3.05, 3.63) is 29.8 Å². The van der Waals surface area contributed by atoms with Crippen LogP contribution in [0.3, 0.4) is 0 Å². The molecule has 1 unspecified atom stereocenters. The molecule has 15 heavy (non-hydrogen) atoms. The fourth-order valence-electron chi connectivity index (χ4n) is 1.41. The van der Waals surface area contributed by atoms with Crippen LogP contribution in [0.15, 0.2) is 24.3 Å². The molecular weight excluding hydrogens is 194 g/mol. The molecule has 0 fully saturated rings. The molecule has 0 heterocycles. The van der Waals surface area contributed by atoms with E-state index in [1.165, 1.54) is 0 Å². The summed E-state index contributed by atoms with van der Waals surface area (Å²) in [5.74, 6) is -0.129. The molecule has 0 bridgehead atoms. The number of carboxylic acids is 1. The fourth-order valence-corrected chi connectivity index (χ4v) is 1.41. The minimum Gasteiger partial charge on any atom is -0.496 e.